The van der Waals surface area contributed by atoms with Gasteiger partial charge >= 0.3 is 0 Å². The van der Waals surface area contributed by atoms with Gasteiger partial charge in [-0.15, -0.1) is 0 Å². The molecule has 1 saturated heterocycles. The Bertz CT molecular complexity index is 936. The summed E-state index contributed by atoms with van der Waals surface area (Å²) in [6.07, 6.45) is 1.46. The minimum Gasteiger partial charge on any atom is -0.379 e. The molecule has 7 nitrogen and oxygen atoms in total. The molecule has 1 N–H and O–H groups in total. The molecule has 0 unspecified atom stereocenters. The lowest BCUT2D eigenvalue weighted by Crippen LogP contribution is -2.55. The molecule has 7 heteroatoms. The molecule has 1 amide bonds. The van der Waals surface area contributed by atoms with Gasteiger partial charge < -0.3 is 14.6 Å². The first-order valence-corrected chi connectivity index (χ1v) is 9.04. The number of pyridine rings is 1. The van der Waals surface area contributed by atoms with E-state index in [1.165, 1.54) is 6.20 Å². The third kappa shape index (κ3) is 4.18. The average Bonchev–Trinajstić information content (AvgIpc) is 2.69. The van der Waals surface area contributed by atoms with Crippen LogP contribution < -0.4 is 10.7 Å². The van der Waals surface area contributed by atoms with Gasteiger partial charge in [0.25, 0.3) is 0 Å². The summed E-state index contributed by atoms with van der Waals surface area (Å²) in [5, 5.41) is 12.6. The van der Waals surface area contributed by atoms with Crippen LogP contribution in [-0.2, 0) is 16.1 Å². The molecule has 0 bridgehead atoms. The molecule has 27 heavy (non-hydrogen) atoms. The van der Waals surface area contributed by atoms with E-state index in [9.17, 15) is 14.9 Å². The van der Waals surface area contributed by atoms with E-state index in [4.69, 9.17) is 4.74 Å². The van der Waals surface area contributed by atoms with Crippen LogP contribution in [0.3, 0.4) is 0 Å². The number of morpholine rings is 1. The van der Waals surface area contributed by atoms with Crippen molar-refractivity contribution < 1.29 is 9.53 Å². The Hall–Kier alpha value is -2.69. The lowest BCUT2D eigenvalue weighted by molar-refractivity contribution is -0.122. The fourth-order valence-electron chi connectivity index (χ4n) is 3.36. The second-order valence-electron chi connectivity index (χ2n) is 7.32. The highest BCUT2D eigenvalue weighted by Gasteiger charge is 2.28. The summed E-state index contributed by atoms with van der Waals surface area (Å²) in [4.78, 5) is 27.1. The SMILES string of the molecule is CC(C)(CNC(=O)Cn1cc(C#N)c(=O)c2ccccc21)N1CCOCC1. The number of hydrogen-bond acceptors (Lipinski definition) is 5. The van der Waals surface area contributed by atoms with Gasteiger partial charge in [0.15, 0.2) is 0 Å². The molecule has 0 radical (unpaired) electrons. The van der Waals surface area contributed by atoms with Crippen molar-refractivity contribution >= 4 is 16.8 Å². The Morgan fingerprint density at radius 1 is 1.30 bits per heavy atom. The van der Waals surface area contributed by atoms with Crippen LogP contribution in [0.2, 0.25) is 0 Å². The molecule has 0 atom stereocenters. The van der Waals surface area contributed by atoms with Gasteiger partial charge in [0.2, 0.25) is 11.3 Å². The number of nitrogens with one attached hydrogen (secondary N) is 1. The molecule has 1 aliphatic heterocycles. The summed E-state index contributed by atoms with van der Waals surface area (Å²) < 4.78 is 7.05. The Kier molecular flexibility index (Phi) is 5.59. The summed E-state index contributed by atoms with van der Waals surface area (Å²) in [5.74, 6) is -0.158. The summed E-state index contributed by atoms with van der Waals surface area (Å²) in [6, 6.07) is 8.93. The molecule has 1 aliphatic rings. The lowest BCUT2D eigenvalue weighted by atomic mass is 10.0. The van der Waals surface area contributed by atoms with Gasteiger partial charge in [0, 0.05) is 36.8 Å². The Morgan fingerprint density at radius 3 is 2.70 bits per heavy atom. The Labute approximate surface area is 158 Å². The number of benzene rings is 1. The van der Waals surface area contributed by atoms with Gasteiger partial charge in [-0.25, -0.2) is 0 Å². The van der Waals surface area contributed by atoms with Crippen LogP contribution in [0, 0.1) is 11.3 Å². The largest absolute Gasteiger partial charge is 0.379 e. The van der Waals surface area contributed by atoms with Crippen LogP contribution in [-0.4, -0.2) is 53.8 Å². The minimum atomic E-state index is -0.307. The van der Waals surface area contributed by atoms with E-state index in [0.717, 1.165) is 13.1 Å². The van der Waals surface area contributed by atoms with E-state index in [1.54, 1.807) is 22.8 Å². The number of carbonyl (C=O) groups is 1. The maximum atomic E-state index is 12.5. The first-order chi connectivity index (χ1) is 12.9. The van der Waals surface area contributed by atoms with E-state index in [0.29, 0.717) is 30.7 Å². The van der Waals surface area contributed by atoms with Crippen LogP contribution in [0.4, 0.5) is 0 Å². The number of amides is 1. The predicted molar refractivity (Wildman–Crippen MR) is 102 cm³/mol. The van der Waals surface area contributed by atoms with Crippen molar-refractivity contribution in [1.29, 1.82) is 5.26 Å². The molecular formula is C20H24N4O3. The van der Waals surface area contributed by atoms with Gasteiger partial charge in [-0.2, -0.15) is 5.26 Å². The smallest absolute Gasteiger partial charge is 0.240 e. The van der Waals surface area contributed by atoms with Gasteiger partial charge in [-0.3, -0.25) is 14.5 Å². The number of ether oxygens (including phenoxy) is 1. The first-order valence-electron chi connectivity index (χ1n) is 9.04. The van der Waals surface area contributed by atoms with Crippen molar-refractivity contribution in [3.63, 3.8) is 0 Å². The third-order valence-corrected chi connectivity index (χ3v) is 5.01. The standard InChI is InChI=1S/C20H24N4O3/c1-20(2,24-7-9-27-10-8-24)14-22-18(25)13-23-12-15(11-21)19(26)16-5-3-4-6-17(16)23/h3-6,12H,7-10,13-14H2,1-2H3,(H,22,25). The van der Waals surface area contributed by atoms with Gasteiger partial charge in [0.05, 0.1) is 18.7 Å². The lowest BCUT2D eigenvalue weighted by Gasteiger charge is -2.40. The van der Waals surface area contributed by atoms with Crippen LogP contribution in [0.5, 0.6) is 0 Å². The zero-order chi connectivity index (χ0) is 19.4. The molecule has 0 spiro atoms. The van der Waals surface area contributed by atoms with E-state index in [1.807, 2.05) is 12.1 Å². The molecule has 0 aliphatic carbocycles. The predicted octanol–water partition coefficient (Wildman–Crippen LogP) is 1.10. The number of para-hydroxylation sites is 1. The van der Waals surface area contributed by atoms with Gasteiger partial charge in [0.1, 0.15) is 18.2 Å². The van der Waals surface area contributed by atoms with Crippen LogP contribution in [0.1, 0.15) is 19.4 Å². The number of aromatic nitrogens is 1. The minimum absolute atomic E-state index is 0.0372. The van der Waals surface area contributed by atoms with Crippen molar-refractivity contribution in [3.8, 4) is 6.07 Å². The van der Waals surface area contributed by atoms with Crippen molar-refractivity contribution in [2.45, 2.75) is 25.9 Å². The molecule has 1 aromatic carbocycles. The highest BCUT2D eigenvalue weighted by molar-refractivity contribution is 5.83. The fourth-order valence-corrected chi connectivity index (χ4v) is 3.36. The topological polar surface area (TPSA) is 87.4 Å². The van der Waals surface area contributed by atoms with E-state index in [2.05, 4.69) is 24.1 Å². The summed E-state index contributed by atoms with van der Waals surface area (Å²) in [7, 11) is 0. The molecule has 1 aromatic heterocycles. The molecule has 3 rings (SSSR count). The molecular weight excluding hydrogens is 344 g/mol. The van der Waals surface area contributed by atoms with Crippen LogP contribution in [0.25, 0.3) is 10.9 Å². The van der Waals surface area contributed by atoms with E-state index in [-0.39, 0.29) is 29.0 Å². The van der Waals surface area contributed by atoms with Gasteiger partial charge in [-0.05, 0) is 26.0 Å². The molecule has 2 aromatic rings. The number of hydrogen-bond donors (Lipinski definition) is 1. The van der Waals surface area contributed by atoms with Crippen molar-refractivity contribution in [1.82, 2.24) is 14.8 Å². The number of rotatable bonds is 5. The maximum absolute atomic E-state index is 12.5. The highest BCUT2D eigenvalue weighted by Crippen LogP contribution is 2.15. The number of nitriles is 1. The normalized spacial score (nSPS) is 15.4. The maximum Gasteiger partial charge on any atom is 0.240 e. The van der Waals surface area contributed by atoms with E-state index >= 15 is 0 Å². The van der Waals surface area contributed by atoms with Crippen LogP contribution >= 0.6 is 0 Å². The summed E-state index contributed by atoms with van der Waals surface area (Å²) >= 11 is 0. The zero-order valence-electron chi connectivity index (χ0n) is 15.7. The fraction of sp³-hybridized carbons (Fsp3) is 0.450. The van der Waals surface area contributed by atoms with Crippen LogP contribution in [0.15, 0.2) is 35.3 Å². The zero-order valence-corrected chi connectivity index (χ0v) is 15.7. The van der Waals surface area contributed by atoms with Crippen molar-refractivity contribution in [2.75, 3.05) is 32.8 Å². The third-order valence-electron chi connectivity index (χ3n) is 5.01. The molecule has 2 heterocycles. The van der Waals surface area contributed by atoms with E-state index < -0.39 is 0 Å². The van der Waals surface area contributed by atoms with Gasteiger partial charge in [-0.1, -0.05) is 12.1 Å². The van der Waals surface area contributed by atoms with Crippen molar-refractivity contribution in [2.24, 2.45) is 0 Å². The number of fused-ring (bicyclic) bond motifs is 1. The summed E-state index contributed by atoms with van der Waals surface area (Å²) in [5.41, 5.74) is 0.195. The second-order valence-corrected chi connectivity index (χ2v) is 7.32. The average molecular weight is 368 g/mol. The highest BCUT2D eigenvalue weighted by atomic mass is 16.5. The Balaban J connectivity index is 1.74. The molecule has 142 valence electrons. The molecule has 1 fully saturated rings. The first kappa shape index (κ1) is 19.1. The quantitative estimate of drug-likeness (QED) is 0.854. The second kappa shape index (κ2) is 7.91. The Morgan fingerprint density at radius 2 is 2.00 bits per heavy atom. The monoisotopic (exact) mass is 368 g/mol. The number of carbonyl (C=O) groups excluding carboxylic acids is 1. The molecule has 0 saturated carbocycles. The van der Waals surface area contributed by atoms with Crippen molar-refractivity contribution in [3.05, 3.63) is 46.2 Å². The number of nitrogens with zero attached hydrogens (tertiary/aromatic N) is 3. The summed E-state index contributed by atoms with van der Waals surface area (Å²) in [6.45, 7) is 7.86.